The number of halogens is 2. The van der Waals surface area contributed by atoms with Gasteiger partial charge in [-0.3, -0.25) is 9.59 Å². The van der Waals surface area contributed by atoms with E-state index >= 15 is 0 Å². The van der Waals surface area contributed by atoms with Gasteiger partial charge in [0.25, 0.3) is 5.91 Å². The van der Waals surface area contributed by atoms with E-state index in [2.05, 4.69) is 20.6 Å². The van der Waals surface area contributed by atoms with Crippen LogP contribution in [-0.4, -0.2) is 53.2 Å². The van der Waals surface area contributed by atoms with E-state index in [1.165, 1.54) is 18.3 Å². The predicted molar refractivity (Wildman–Crippen MR) is 119 cm³/mol. The van der Waals surface area contributed by atoms with Gasteiger partial charge in [-0.15, -0.1) is 0 Å². The van der Waals surface area contributed by atoms with Crippen molar-refractivity contribution in [1.82, 2.24) is 20.2 Å². The highest BCUT2D eigenvalue weighted by Gasteiger charge is 2.24. The van der Waals surface area contributed by atoms with E-state index in [-0.39, 0.29) is 33.5 Å². The number of aromatic nitrogens is 2. The second-order valence-electron chi connectivity index (χ2n) is 7.35. The minimum atomic E-state index is -0.977. The molecule has 168 valence electrons. The Kier molecular flexibility index (Phi) is 7.11. The van der Waals surface area contributed by atoms with Crippen molar-refractivity contribution in [2.75, 3.05) is 31.7 Å². The fourth-order valence-corrected chi connectivity index (χ4v) is 3.84. The Morgan fingerprint density at radius 3 is 2.47 bits per heavy atom. The van der Waals surface area contributed by atoms with Crippen LogP contribution in [0.1, 0.15) is 32.6 Å². The van der Waals surface area contributed by atoms with Crippen LogP contribution in [0, 0.1) is 11.6 Å². The number of nitrogen functional groups attached to an aromatic ring is 1. The molecule has 0 saturated carbocycles. The van der Waals surface area contributed by atoms with Gasteiger partial charge in [-0.2, -0.15) is 0 Å². The molecule has 2 heterocycles. The molecule has 1 aromatic carbocycles. The predicted octanol–water partition coefficient (Wildman–Crippen LogP) is 3.05. The summed E-state index contributed by atoms with van der Waals surface area (Å²) in [5.74, 6) is -3.29. The van der Waals surface area contributed by atoms with Crippen molar-refractivity contribution in [3.05, 3.63) is 64.3 Å². The number of nitrogens with one attached hydrogen (secondary N) is 2. The Hall–Kier alpha value is -3.44. The number of likely N-dealkylation sites (N-methyl/N-ethyl adjacent to an activating group) is 1. The molecule has 0 aliphatic heterocycles. The number of anilines is 3. The van der Waals surface area contributed by atoms with E-state index in [9.17, 15) is 18.4 Å². The standard InChI is InChI=1S/C21H22F2N6O2S/c1-11(10-29(2)3)26-20(31)15-8-7-12(9-25-15)27-21-28-19(24)18(32-21)17(30)16-13(22)5-4-6-14(16)23/h4-9,11H,10,24H2,1-3H3,(H,26,31)(H,27,28)/t11-/m1/s1. The Balaban J connectivity index is 1.71. The summed E-state index contributed by atoms with van der Waals surface area (Å²) in [5.41, 5.74) is 5.85. The first-order valence-electron chi connectivity index (χ1n) is 9.59. The van der Waals surface area contributed by atoms with Crippen molar-refractivity contribution in [2.45, 2.75) is 13.0 Å². The lowest BCUT2D eigenvalue weighted by Gasteiger charge is -2.18. The number of hydrogen-bond acceptors (Lipinski definition) is 8. The molecule has 0 saturated heterocycles. The van der Waals surface area contributed by atoms with Gasteiger partial charge < -0.3 is 21.3 Å². The normalized spacial score (nSPS) is 11.9. The van der Waals surface area contributed by atoms with Crippen LogP contribution in [0.25, 0.3) is 0 Å². The summed E-state index contributed by atoms with van der Waals surface area (Å²) < 4.78 is 27.9. The average molecular weight is 461 g/mol. The lowest BCUT2D eigenvalue weighted by Crippen LogP contribution is -2.39. The number of thiazole rings is 1. The molecule has 0 aliphatic carbocycles. The molecule has 3 aromatic rings. The van der Waals surface area contributed by atoms with Crippen LogP contribution in [0.15, 0.2) is 36.5 Å². The van der Waals surface area contributed by atoms with Gasteiger partial charge in [0, 0.05) is 12.6 Å². The quantitative estimate of drug-likeness (QED) is 0.443. The molecular formula is C21H22F2N6O2S. The first-order chi connectivity index (χ1) is 15.2. The summed E-state index contributed by atoms with van der Waals surface area (Å²) in [7, 11) is 3.83. The lowest BCUT2D eigenvalue weighted by molar-refractivity contribution is 0.0928. The van der Waals surface area contributed by atoms with E-state index in [1.807, 2.05) is 25.9 Å². The van der Waals surface area contributed by atoms with Crippen LogP contribution in [0.4, 0.5) is 25.4 Å². The molecule has 0 fully saturated rings. The monoisotopic (exact) mass is 460 g/mol. The van der Waals surface area contributed by atoms with Crippen molar-refractivity contribution in [3.8, 4) is 0 Å². The zero-order valence-electron chi connectivity index (χ0n) is 17.6. The number of benzene rings is 1. The minimum absolute atomic E-state index is 0.0503. The van der Waals surface area contributed by atoms with Crippen molar-refractivity contribution >= 4 is 39.7 Å². The summed E-state index contributed by atoms with van der Waals surface area (Å²) >= 11 is 0.857. The molecular weight excluding hydrogens is 438 g/mol. The molecule has 3 rings (SSSR count). The molecule has 1 atom stereocenters. The van der Waals surface area contributed by atoms with Crippen LogP contribution in [0.3, 0.4) is 0 Å². The molecule has 4 N–H and O–H groups in total. The fraction of sp³-hybridized carbons (Fsp3) is 0.238. The Bertz CT molecular complexity index is 1110. The molecule has 1 amide bonds. The van der Waals surface area contributed by atoms with Gasteiger partial charge in [0.15, 0.2) is 5.13 Å². The second-order valence-corrected chi connectivity index (χ2v) is 8.35. The lowest BCUT2D eigenvalue weighted by atomic mass is 10.1. The molecule has 0 spiro atoms. The highest BCUT2D eigenvalue weighted by molar-refractivity contribution is 7.18. The summed E-state index contributed by atoms with van der Waals surface area (Å²) in [6.07, 6.45) is 1.43. The second kappa shape index (κ2) is 9.79. The highest BCUT2D eigenvalue weighted by Crippen LogP contribution is 2.30. The van der Waals surface area contributed by atoms with Gasteiger partial charge in [0.1, 0.15) is 28.0 Å². The van der Waals surface area contributed by atoms with E-state index in [4.69, 9.17) is 5.73 Å². The molecule has 32 heavy (non-hydrogen) atoms. The number of carbonyl (C=O) groups excluding carboxylic acids is 2. The number of carbonyl (C=O) groups is 2. The van der Waals surface area contributed by atoms with Gasteiger partial charge in [-0.25, -0.2) is 18.7 Å². The van der Waals surface area contributed by atoms with Crippen LogP contribution in [0.5, 0.6) is 0 Å². The van der Waals surface area contributed by atoms with E-state index in [0.717, 1.165) is 23.5 Å². The fourth-order valence-electron chi connectivity index (χ4n) is 2.99. The molecule has 0 aliphatic rings. The smallest absolute Gasteiger partial charge is 0.270 e. The van der Waals surface area contributed by atoms with Crippen molar-refractivity contribution < 1.29 is 18.4 Å². The molecule has 0 bridgehead atoms. The summed E-state index contributed by atoms with van der Waals surface area (Å²) in [6.45, 7) is 2.58. The SMILES string of the molecule is C[C@H](CN(C)C)NC(=O)c1ccc(Nc2nc(N)c(C(=O)c3c(F)cccc3F)s2)cn1. The third-order valence-corrected chi connectivity index (χ3v) is 5.30. The number of hydrogen-bond donors (Lipinski definition) is 3. The third-order valence-electron chi connectivity index (χ3n) is 4.31. The number of amides is 1. The highest BCUT2D eigenvalue weighted by atomic mass is 32.1. The molecule has 2 aromatic heterocycles. The van der Waals surface area contributed by atoms with Crippen LogP contribution >= 0.6 is 11.3 Å². The third kappa shape index (κ3) is 5.42. The summed E-state index contributed by atoms with van der Waals surface area (Å²) in [4.78, 5) is 34.9. The van der Waals surface area contributed by atoms with Crippen molar-refractivity contribution in [2.24, 2.45) is 0 Å². The maximum Gasteiger partial charge on any atom is 0.270 e. The molecule has 0 unspecified atom stereocenters. The zero-order chi connectivity index (χ0) is 23.4. The van der Waals surface area contributed by atoms with Crippen molar-refractivity contribution in [3.63, 3.8) is 0 Å². The maximum absolute atomic E-state index is 13.9. The maximum atomic E-state index is 13.9. The van der Waals surface area contributed by atoms with Gasteiger partial charge in [0.2, 0.25) is 5.78 Å². The molecule has 8 nitrogen and oxygen atoms in total. The van der Waals surface area contributed by atoms with Gasteiger partial charge >= 0.3 is 0 Å². The number of ketones is 1. The minimum Gasteiger partial charge on any atom is -0.382 e. The van der Waals surface area contributed by atoms with Gasteiger partial charge in [-0.1, -0.05) is 17.4 Å². The zero-order valence-corrected chi connectivity index (χ0v) is 18.5. The summed E-state index contributed by atoms with van der Waals surface area (Å²) in [6, 6.07) is 6.27. The number of nitrogens with zero attached hydrogens (tertiary/aromatic N) is 3. The van der Waals surface area contributed by atoms with Crippen LogP contribution in [0.2, 0.25) is 0 Å². The van der Waals surface area contributed by atoms with Crippen LogP contribution < -0.4 is 16.4 Å². The Morgan fingerprint density at radius 1 is 1.19 bits per heavy atom. The summed E-state index contributed by atoms with van der Waals surface area (Å²) in [5, 5.41) is 6.01. The molecule has 11 heteroatoms. The van der Waals surface area contributed by atoms with Gasteiger partial charge in [0.05, 0.1) is 17.4 Å². The average Bonchev–Trinajstić information content (AvgIpc) is 3.07. The first kappa shape index (κ1) is 23.2. The molecule has 0 radical (unpaired) electrons. The Labute approximate surface area is 187 Å². The van der Waals surface area contributed by atoms with Crippen molar-refractivity contribution in [1.29, 1.82) is 0 Å². The van der Waals surface area contributed by atoms with E-state index < -0.39 is 23.0 Å². The topological polar surface area (TPSA) is 113 Å². The first-order valence-corrected chi connectivity index (χ1v) is 10.4. The number of rotatable bonds is 8. The van der Waals surface area contributed by atoms with Crippen LogP contribution in [-0.2, 0) is 0 Å². The number of nitrogens with two attached hydrogens (primary N) is 1. The largest absolute Gasteiger partial charge is 0.382 e. The Morgan fingerprint density at radius 2 is 1.88 bits per heavy atom. The van der Waals surface area contributed by atoms with Gasteiger partial charge in [-0.05, 0) is 45.3 Å². The van der Waals surface area contributed by atoms with E-state index in [1.54, 1.807) is 6.07 Å². The van der Waals surface area contributed by atoms with E-state index in [0.29, 0.717) is 12.2 Å². The number of pyridine rings is 1.